The van der Waals surface area contributed by atoms with Crippen LogP contribution in [0.2, 0.25) is 0 Å². The van der Waals surface area contributed by atoms with Gasteiger partial charge in [-0.1, -0.05) is 12.1 Å². The van der Waals surface area contributed by atoms with Gasteiger partial charge in [0.25, 0.3) is 0 Å². The maximum absolute atomic E-state index is 8.99. The molecule has 0 aliphatic rings. The number of aryl methyl sites for hydroxylation is 1. The summed E-state index contributed by atoms with van der Waals surface area (Å²) in [5.41, 5.74) is 2.46. The van der Waals surface area contributed by atoms with Crippen molar-refractivity contribution in [2.45, 2.75) is 13.5 Å². The predicted molar refractivity (Wildman–Crippen MR) is 67.2 cm³/mol. The van der Waals surface area contributed by atoms with Crippen LogP contribution in [0, 0.1) is 18.3 Å². The van der Waals surface area contributed by atoms with E-state index in [2.05, 4.69) is 6.07 Å². The molecule has 0 bridgehead atoms. The van der Waals surface area contributed by atoms with Crippen LogP contribution < -0.4 is 9.57 Å². The summed E-state index contributed by atoms with van der Waals surface area (Å²) in [6.07, 6.45) is 1.75. The molecule has 0 aliphatic heterocycles. The average Bonchev–Trinajstić information content (AvgIpc) is 2.77. The van der Waals surface area contributed by atoms with E-state index in [0.29, 0.717) is 12.3 Å². The fraction of sp³-hybridized carbons (Fsp3) is 0.214. The Morgan fingerprint density at radius 3 is 2.56 bits per heavy atom. The van der Waals surface area contributed by atoms with Gasteiger partial charge in [0.1, 0.15) is 18.4 Å². The summed E-state index contributed by atoms with van der Waals surface area (Å²) in [4.78, 5) is 5.56. The zero-order valence-electron chi connectivity index (χ0n) is 10.4. The molecule has 0 amide bonds. The summed E-state index contributed by atoms with van der Waals surface area (Å²) in [5.74, 6) is 0.813. The molecule has 4 heteroatoms. The maximum Gasteiger partial charge on any atom is 0.159 e. The molecule has 0 aliphatic carbocycles. The van der Waals surface area contributed by atoms with E-state index in [0.717, 1.165) is 16.9 Å². The summed E-state index contributed by atoms with van der Waals surface area (Å²) in [6, 6.07) is 11.6. The molecule has 0 N–H and O–H groups in total. The third-order valence-corrected chi connectivity index (χ3v) is 2.69. The number of nitrogens with zero attached hydrogens (tertiary/aromatic N) is 2. The minimum absolute atomic E-state index is 0.410. The van der Waals surface area contributed by atoms with Crippen LogP contribution >= 0.6 is 0 Å². The van der Waals surface area contributed by atoms with E-state index in [1.807, 2.05) is 37.3 Å². The van der Waals surface area contributed by atoms with Gasteiger partial charge in [-0.3, -0.25) is 0 Å². The molecule has 2 aromatic rings. The number of methoxy groups -OCH3 is 1. The molecule has 0 spiro atoms. The molecule has 0 unspecified atom stereocenters. The minimum atomic E-state index is 0.410. The highest BCUT2D eigenvalue weighted by molar-refractivity contribution is 5.31. The molecular weight excluding hydrogens is 228 g/mol. The summed E-state index contributed by atoms with van der Waals surface area (Å²) in [7, 11) is 1.63. The third-order valence-electron chi connectivity index (χ3n) is 2.69. The fourth-order valence-corrected chi connectivity index (χ4v) is 1.62. The highest BCUT2D eigenvalue weighted by atomic mass is 16.7. The van der Waals surface area contributed by atoms with Crippen molar-refractivity contribution in [2.75, 3.05) is 7.11 Å². The van der Waals surface area contributed by atoms with Gasteiger partial charge in [0.05, 0.1) is 7.11 Å². The number of ether oxygens (including phenoxy) is 1. The van der Waals surface area contributed by atoms with Crippen LogP contribution in [0.3, 0.4) is 0 Å². The Bertz CT molecular complexity index is 564. The molecule has 1 aromatic carbocycles. The largest absolute Gasteiger partial charge is 0.497 e. The van der Waals surface area contributed by atoms with Gasteiger partial charge in [0.2, 0.25) is 0 Å². The van der Waals surface area contributed by atoms with E-state index in [-0.39, 0.29) is 0 Å². The van der Waals surface area contributed by atoms with Crippen molar-refractivity contribution in [3.8, 4) is 11.8 Å². The van der Waals surface area contributed by atoms with Crippen molar-refractivity contribution in [1.29, 1.82) is 5.26 Å². The monoisotopic (exact) mass is 242 g/mol. The number of hydrogen-bond acceptors (Lipinski definition) is 3. The average molecular weight is 242 g/mol. The van der Waals surface area contributed by atoms with Crippen LogP contribution in [-0.2, 0) is 6.61 Å². The van der Waals surface area contributed by atoms with Gasteiger partial charge < -0.3 is 9.57 Å². The van der Waals surface area contributed by atoms with Crippen molar-refractivity contribution in [3.63, 3.8) is 0 Å². The van der Waals surface area contributed by atoms with E-state index in [4.69, 9.17) is 14.8 Å². The topological polar surface area (TPSA) is 47.2 Å². The van der Waals surface area contributed by atoms with Crippen molar-refractivity contribution in [3.05, 3.63) is 53.3 Å². The first-order valence-electron chi connectivity index (χ1n) is 5.59. The summed E-state index contributed by atoms with van der Waals surface area (Å²) in [6.45, 7) is 2.29. The van der Waals surface area contributed by atoms with Crippen LogP contribution in [0.15, 0.2) is 36.5 Å². The van der Waals surface area contributed by atoms with E-state index in [1.54, 1.807) is 13.3 Å². The summed E-state index contributed by atoms with van der Waals surface area (Å²) >= 11 is 0. The van der Waals surface area contributed by atoms with Crippen LogP contribution in [0.5, 0.6) is 5.75 Å². The summed E-state index contributed by atoms with van der Waals surface area (Å²) in [5, 5.41) is 8.99. The van der Waals surface area contributed by atoms with Gasteiger partial charge in [0, 0.05) is 6.20 Å². The van der Waals surface area contributed by atoms with Crippen molar-refractivity contribution >= 4 is 0 Å². The maximum atomic E-state index is 8.99. The third kappa shape index (κ3) is 2.46. The molecule has 0 atom stereocenters. The van der Waals surface area contributed by atoms with E-state index >= 15 is 0 Å². The molecule has 92 valence electrons. The molecular formula is C14H14N2O2. The van der Waals surface area contributed by atoms with Crippen LogP contribution in [-0.4, -0.2) is 11.8 Å². The van der Waals surface area contributed by atoms with Gasteiger partial charge in [-0.15, -0.1) is 0 Å². The normalized spacial score (nSPS) is 9.83. The zero-order valence-corrected chi connectivity index (χ0v) is 10.4. The first kappa shape index (κ1) is 12.1. The lowest BCUT2D eigenvalue weighted by molar-refractivity contribution is 0.0960. The Balaban J connectivity index is 2.04. The predicted octanol–water partition coefficient (Wildman–Crippen LogP) is 2.31. The van der Waals surface area contributed by atoms with E-state index in [1.165, 1.54) is 4.73 Å². The van der Waals surface area contributed by atoms with Crippen LogP contribution in [0.1, 0.15) is 16.8 Å². The Morgan fingerprint density at radius 1 is 1.22 bits per heavy atom. The lowest BCUT2D eigenvalue weighted by Gasteiger charge is -2.08. The molecule has 1 aromatic heterocycles. The smallest absolute Gasteiger partial charge is 0.159 e. The molecule has 0 radical (unpaired) electrons. The first-order chi connectivity index (χ1) is 8.74. The van der Waals surface area contributed by atoms with Gasteiger partial charge in [-0.2, -0.15) is 9.99 Å². The second-order valence-electron chi connectivity index (χ2n) is 3.91. The van der Waals surface area contributed by atoms with Gasteiger partial charge in [-0.25, -0.2) is 0 Å². The SMILES string of the molecule is COc1ccc(COn2ccc(C)c2C#N)cc1. The van der Waals surface area contributed by atoms with Crippen molar-refractivity contribution in [1.82, 2.24) is 4.73 Å². The van der Waals surface area contributed by atoms with Crippen LogP contribution in [0.25, 0.3) is 0 Å². The van der Waals surface area contributed by atoms with Gasteiger partial charge in [0.15, 0.2) is 5.69 Å². The standard InChI is InChI=1S/C14H14N2O2/c1-11-7-8-16(14(11)9-15)18-10-12-3-5-13(17-2)6-4-12/h3-8H,10H2,1-2H3. The van der Waals surface area contributed by atoms with Crippen molar-refractivity contribution < 1.29 is 9.57 Å². The van der Waals surface area contributed by atoms with E-state index < -0.39 is 0 Å². The minimum Gasteiger partial charge on any atom is -0.497 e. The number of hydrogen-bond donors (Lipinski definition) is 0. The number of aromatic nitrogens is 1. The molecule has 0 saturated carbocycles. The Hall–Kier alpha value is -2.41. The molecule has 1 heterocycles. The Labute approximate surface area is 106 Å². The number of benzene rings is 1. The van der Waals surface area contributed by atoms with Crippen LogP contribution in [0.4, 0.5) is 0 Å². The number of rotatable bonds is 4. The van der Waals surface area contributed by atoms with Gasteiger partial charge in [-0.05, 0) is 36.2 Å². The highest BCUT2D eigenvalue weighted by Crippen LogP contribution is 2.12. The second-order valence-corrected chi connectivity index (χ2v) is 3.91. The number of nitriles is 1. The quantitative estimate of drug-likeness (QED) is 0.826. The fourth-order valence-electron chi connectivity index (χ4n) is 1.62. The zero-order chi connectivity index (χ0) is 13.0. The Kier molecular flexibility index (Phi) is 3.54. The molecule has 0 saturated heterocycles. The lowest BCUT2D eigenvalue weighted by atomic mass is 10.2. The first-order valence-corrected chi connectivity index (χ1v) is 5.59. The van der Waals surface area contributed by atoms with Crippen molar-refractivity contribution in [2.24, 2.45) is 0 Å². The highest BCUT2D eigenvalue weighted by Gasteiger charge is 2.05. The molecule has 4 nitrogen and oxygen atoms in total. The molecule has 0 fully saturated rings. The lowest BCUT2D eigenvalue weighted by Crippen LogP contribution is -2.12. The second kappa shape index (κ2) is 5.28. The molecule has 18 heavy (non-hydrogen) atoms. The summed E-state index contributed by atoms with van der Waals surface area (Å²) < 4.78 is 6.58. The van der Waals surface area contributed by atoms with Gasteiger partial charge >= 0.3 is 0 Å². The van der Waals surface area contributed by atoms with E-state index in [9.17, 15) is 0 Å². The Morgan fingerprint density at radius 2 is 1.94 bits per heavy atom. The molecule has 2 rings (SSSR count).